The van der Waals surface area contributed by atoms with Crippen molar-refractivity contribution < 1.29 is 14.1 Å². The molecule has 1 atom stereocenters. The first-order valence-corrected chi connectivity index (χ1v) is 9.16. The number of amides is 2. The van der Waals surface area contributed by atoms with Gasteiger partial charge in [-0.2, -0.15) is 15.3 Å². The fourth-order valence-corrected chi connectivity index (χ4v) is 3.36. The topological polar surface area (TPSA) is 122 Å². The van der Waals surface area contributed by atoms with Crippen LogP contribution in [0.5, 0.6) is 0 Å². The van der Waals surface area contributed by atoms with E-state index in [4.69, 9.17) is 14.5 Å². The van der Waals surface area contributed by atoms with Crippen LogP contribution in [0.1, 0.15) is 48.5 Å². The summed E-state index contributed by atoms with van der Waals surface area (Å²) in [5.41, 5.74) is 1.25. The van der Waals surface area contributed by atoms with Gasteiger partial charge in [0.2, 0.25) is 0 Å². The van der Waals surface area contributed by atoms with E-state index in [0.29, 0.717) is 50.0 Å². The van der Waals surface area contributed by atoms with E-state index < -0.39 is 0 Å². The van der Waals surface area contributed by atoms with Crippen molar-refractivity contribution in [1.82, 2.24) is 30.1 Å². The fourth-order valence-electron chi connectivity index (χ4n) is 3.36. The molecule has 0 spiro atoms. The Morgan fingerprint density at radius 3 is 3.15 bits per heavy atom. The second-order valence-corrected chi connectivity index (χ2v) is 6.66. The summed E-state index contributed by atoms with van der Waals surface area (Å²) >= 11 is 0. The van der Waals surface area contributed by atoms with E-state index >= 15 is 0 Å². The molecule has 0 unspecified atom stereocenters. The zero-order chi connectivity index (χ0) is 18.6. The summed E-state index contributed by atoms with van der Waals surface area (Å²) in [6, 6.07) is 3.63. The number of rotatable bonds is 4. The van der Waals surface area contributed by atoms with Crippen LogP contribution in [-0.2, 0) is 24.2 Å². The molecule has 1 N–H and O–H groups in total. The highest BCUT2D eigenvalue weighted by Crippen LogP contribution is 2.26. The molecule has 0 radical (unpaired) electrons. The Hall–Kier alpha value is -2.93. The minimum Gasteiger partial charge on any atom is -0.368 e. The van der Waals surface area contributed by atoms with Crippen LogP contribution >= 0.6 is 0 Å². The number of fused-ring (bicyclic) bond motifs is 1. The van der Waals surface area contributed by atoms with E-state index in [1.54, 1.807) is 15.6 Å². The second kappa shape index (κ2) is 7.75. The third kappa shape index (κ3) is 3.93. The molecule has 142 valence electrons. The summed E-state index contributed by atoms with van der Waals surface area (Å²) in [7, 11) is 0. The first-order valence-electron chi connectivity index (χ1n) is 9.16. The Labute approximate surface area is 156 Å². The monoisotopic (exact) mass is 371 g/mol. The van der Waals surface area contributed by atoms with Crippen LogP contribution in [0, 0.1) is 11.3 Å². The van der Waals surface area contributed by atoms with Gasteiger partial charge in [0, 0.05) is 32.7 Å². The first kappa shape index (κ1) is 17.5. The number of carbonyl (C=O) groups is 1. The zero-order valence-corrected chi connectivity index (χ0v) is 14.9. The molecule has 10 nitrogen and oxygen atoms in total. The maximum Gasteiger partial charge on any atom is 0.317 e. The lowest BCUT2D eigenvalue weighted by molar-refractivity contribution is 0.0835. The predicted molar refractivity (Wildman–Crippen MR) is 91.3 cm³/mol. The van der Waals surface area contributed by atoms with E-state index in [1.165, 1.54) is 0 Å². The average Bonchev–Trinajstić information content (AvgIpc) is 3.40. The second-order valence-electron chi connectivity index (χ2n) is 6.66. The van der Waals surface area contributed by atoms with Gasteiger partial charge in [-0.25, -0.2) is 4.79 Å². The summed E-state index contributed by atoms with van der Waals surface area (Å²) in [5.74, 6) is 1.08. The molecule has 27 heavy (non-hydrogen) atoms. The van der Waals surface area contributed by atoms with Crippen molar-refractivity contribution in [2.24, 2.45) is 0 Å². The van der Waals surface area contributed by atoms with Crippen molar-refractivity contribution in [3.8, 4) is 6.07 Å². The smallest absolute Gasteiger partial charge is 0.317 e. The van der Waals surface area contributed by atoms with Crippen LogP contribution < -0.4 is 5.32 Å². The molecule has 1 saturated heterocycles. The van der Waals surface area contributed by atoms with Gasteiger partial charge in [0.15, 0.2) is 11.5 Å². The number of carbonyl (C=O) groups excluding carboxylic acids is 1. The standard InChI is InChI=1S/C17H21N7O3/c18-10-12-9-13-11-23(6-2-7-24(13)21-12)17(25)19-5-4-15-20-16(27-22-15)14-3-1-8-26-14/h9,14H,1-8,11H2,(H,19,25)/t14-/m0/s1. The molecular formula is C17H21N7O3. The summed E-state index contributed by atoms with van der Waals surface area (Å²) < 4.78 is 12.6. The highest BCUT2D eigenvalue weighted by molar-refractivity contribution is 5.74. The predicted octanol–water partition coefficient (Wildman–Crippen LogP) is 1.15. The lowest BCUT2D eigenvalue weighted by atomic mass is 10.2. The van der Waals surface area contributed by atoms with Crippen molar-refractivity contribution in [2.75, 3.05) is 19.7 Å². The Kier molecular flexibility index (Phi) is 5.02. The van der Waals surface area contributed by atoms with Gasteiger partial charge in [-0.05, 0) is 25.3 Å². The van der Waals surface area contributed by atoms with Crippen LogP contribution in [0.15, 0.2) is 10.6 Å². The SMILES string of the molecule is N#Cc1cc2n(n1)CCCN(C(=O)NCCc1noc([C@@H]3CCCO3)n1)C2. The van der Waals surface area contributed by atoms with Crippen LogP contribution in [0.3, 0.4) is 0 Å². The average molecular weight is 371 g/mol. The molecule has 0 saturated carbocycles. The molecular weight excluding hydrogens is 350 g/mol. The summed E-state index contributed by atoms with van der Waals surface area (Å²) in [6.45, 7) is 2.93. The molecule has 4 rings (SSSR count). The van der Waals surface area contributed by atoms with Gasteiger partial charge >= 0.3 is 6.03 Å². The highest BCUT2D eigenvalue weighted by atomic mass is 16.5. The van der Waals surface area contributed by atoms with Crippen molar-refractivity contribution in [3.63, 3.8) is 0 Å². The molecule has 0 aliphatic carbocycles. The third-order valence-corrected chi connectivity index (χ3v) is 4.73. The van der Waals surface area contributed by atoms with Crippen LogP contribution in [-0.4, -0.2) is 50.5 Å². The minimum atomic E-state index is -0.147. The number of ether oxygens (including phenoxy) is 1. The Morgan fingerprint density at radius 2 is 2.33 bits per heavy atom. The Morgan fingerprint density at radius 1 is 1.41 bits per heavy atom. The molecule has 2 amide bonds. The quantitative estimate of drug-likeness (QED) is 0.855. The molecule has 2 aromatic heterocycles. The number of nitrogens with zero attached hydrogens (tertiary/aromatic N) is 6. The van der Waals surface area contributed by atoms with Crippen LogP contribution in [0.25, 0.3) is 0 Å². The van der Waals surface area contributed by atoms with Crippen molar-refractivity contribution >= 4 is 6.03 Å². The number of aryl methyl sites for hydroxylation is 1. The van der Waals surface area contributed by atoms with Crippen molar-refractivity contribution in [1.29, 1.82) is 5.26 Å². The van der Waals surface area contributed by atoms with Gasteiger partial charge in [0.05, 0.1) is 12.2 Å². The van der Waals surface area contributed by atoms with Crippen LogP contribution in [0.4, 0.5) is 4.79 Å². The molecule has 10 heteroatoms. The lowest BCUT2D eigenvalue weighted by Gasteiger charge is -2.20. The largest absolute Gasteiger partial charge is 0.368 e. The van der Waals surface area contributed by atoms with Gasteiger partial charge in [-0.1, -0.05) is 5.16 Å². The normalized spacial score (nSPS) is 19.4. The molecule has 2 aromatic rings. The molecule has 1 fully saturated rings. The maximum absolute atomic E-state index is 12.5. The van der Waals surface area contributed by atoms with Gasteiger partial charge in [0.25, 0.3) is 5.89 Å². The van der Waals surface area contributed by atoms with E-state index in [0.717, 1.165) is 31.6 Å². The number of nitrogens with one attached hydrogen (secondary N) is 1. The van der Waals surface area contributed by atoms with E-state index in [9.17, 15) is 4.79 Å². The number of hydrogen-bond donors (Lipinski definition) is 1. The van der Waals surface area contributed by atoms with Crippen molar-refractivity contribution in [3.05, 3.63) is 29.2 Å². The van der Waals surface area contributed by atoms with Gasteiger partial charge in [-0.15, -0.1) is 0 Å². The van der Waals surface area contributed by atoms with Gasteiger partial charge < -0.3 is 19.5 Å². The summed E-state index contributed by atoms with van der Waals surface area (Å²) in [4.78, 5) is 18.6. The third-order valence-electron chi connectivity index (χ3n) is 4.73. The summed E-state index contributed by atoms with van der Waals surface area (Å²) in [5, 5.41) is 20.1. The molecule has 0 aromatic carbocycles. The maximum atomic E-state index is 12.5. The van der Waals surface area contributed by atoms with E-state index in [1.807, 2.05) is 6.07 Å². The van der Waals surface area contributed by atoms with Crippen molar-refractivity contribution in [2.45, 2.75) is 44.9 Å². The number of urea groups is 1. The molecule has 2 aliphatic heterocycles. The molecule has 0 bridgehead atoms. The van der Waals surface area contributed by atoms with Gasteiger partial charge in [-0.3, -0.25) is 4.68 Å². The number of aromatic nitrogens is 4. The highest BCUT2D eigenvalue weighted by Gasteiger charge is 2.24. The Bertz CT molecular complexity index is 847. The van der Waals surface area contributed by atoms with Gasteiger partial charge in [0.1, 0.15) is 12.2 Å². The lowest BCUT2D eigenvalue weighted by Crippen LogP contribution is -2.40. The summed E-state index contributed by atoms with van der Waals surface area (Å²) in [6.07, 6.45) is 3.09. The minimum absolute atomic E-state index is 0.0962. The Balaban J connectivity index is 1.28. The van der Waals surface area contributed by atoms with Crippen LogP contribution in [0.2, 0.25) is 0 Å². The number of hydrogen-bond acceptors (Lipinski definition) is 7. The fraction of sp³-hybridized carbons (Fsp3) is 0.588. The molecule has 2 aliphatic rings. The first-order chi connectivity index (χ1) is 13.2. The molecule has 4 heterocycles. The zero-order valence-electron chi connectivity index (χ0n) is 14.9. The van der Waals surface area contributed by atoms with E-state index in [2.05, 4.69) is 20.6 Å². The van der Waals surface area contributed by atoms with E-state index in [-0.39, 0.29) is 12.1 Å². The number of nitriles is 1.